The Hall–Kier alpha value is -3.77. The zero-order valence-corrected chi connectivity index (χ0v) is 15.8. The van der Waals surface area contributed by atoms with Crippen LogP contribution in [0, 0.1) is 10.1 Å². The topological polar surface area (TPSA) is 145 Å². The van der Waals surface area contributed by atoms with Gasteiger partial charge in [0.15, 0.2) is 4.90 Å². The summed E-state index contributed by atoms with van der Waals surface area (Å²) in [4.78, 5) is 27.9. The number of imidazole rings is 1. The van der Waals surface area contributed by atoms with Crippen molar-refractivity contribution in [3.63, 3.8) is 0 Å². The Morgan fingerprint density at radius 1 is 1.21 bits per heavy atom. The molecule has 150 valence electrons. The quantitative estimate of drug-likeness (QED) is 0.436. The molecule has 3 rings (SSSR count). The summed E-state index contributed by atoms with van der Waals surface area (Å²) in [6.45, 7) is 0. The fraction of sp³-hybridized carbons (Fsp3) is 0.0588. The van der Waals surface area contributed by atoms with Crippen molar-refractivity contribution >= 4 is 21.6 Å². The van der Waals surface area contributed by atoms with Crippen LogP contribution in [0.4, 0.5) is 5.69 Å². The lowest BCUT2D eigenvalue weighted by Crippen LogP contribution is -2.42. The highest BCUT2D eigenvalue weighted by Gasteiger charge is 2.27. The number of hydrazine groups is 1. The summed E-state index contributed by atoms with van der Waals surface area (Å²) >= 11 is 0. The number of ether oxygens (including phenoxy) is 1. The third kappa shape index (κ3) is 4.23. The standard InChI is InChI=1S/C17H15N5O6S/c1-28-13-7-8-16(14(9-13)22(24)25)29(26,27)20-19-17(23)15-10-18-11-21(15)12-5-3-2-4-6-12/h2-11,20H,1H3,(H,19,23). The zero-order chi connectivity index (χ0) is 21.0. The molecule has 1 heterocycles. The molecule has 1 amide bonds. The molecule has 0 saturated heterocycles. The number of para-hydroxylation sites is 1. The molecule has 3 aromatic rings. The Labute approximate surface area is 165 Å². The minimum atomic E-state index is -4.43. The number of nitro benzene ring substituents is 1. The highest BCUT2D eigenvalue weighted by molar-refractivity contribution is 7.89. The number of hydrogen-bond donors (Lipinski definition) is 2. The molecule has 2 aromatic carbocycles. The van der Waals surface area contributed by atoms with E-state index in [2.05, 4.69) is 4.98 Å². The number of carbonyl (C=O) groups is 1. The van der Waals surface area contributed by atoms with Gasteiger partial charge < -0.3 is 4.74 Å². The number of nitro groups is 1. The van der Waals surface area contributed by atoms with Gasteiger partial charge in [-0.05, 0) is 24.3 Å². The van der Waals surface area contributed by atoms with Crippen LogP contribution < -0.4 is 15.0 Å². The molecular formula is C17H15N5O6S. The Kier molecular flexibility index (Phi) is 5.57. The van der Waals surface area contributed by atoms with Crippen LogP contribution in [0.3, 0.4) is 0 Å². The van der Waals surface area contributed by atoms with Gasteiger partial charge in [-0.1, -0.05) is 18.2 Å². The van der Waals surface area contributed by atoms with Gasteiger partial charge in [-0.2, -0.15) is 0 Å². The minimum Gasteiger partial charge on any atom is -0.497 e. The molecule has 0 aliphatic rings. The van der Waals surface area contributed by atoms with Gasteiger partial charge in [-0.15, -0.1) is 4.83 Å². The molecule has 0 radical (unpaired) electrons. The number of carbonyl (C=O) groups excluding carboxylic acids is 1. The number of benzene rings is 2. The van der Waals surface area contributed by atoms with E-state index in [1.807, 2.05) is 10.3 Å². The molecule has 0 aliphatic carbocycles. The van der Waals surface area contributed by atoms with Crippen LogP contribution in [0.5, 0.6) is 5.75 Å². The molecule has 12 heteroatoms. The van der Waals surface area contributed by atoms with Gasteiger partial charge in [-0.25, -0.2) is 13.4 Å². The molecule has 0 saturated carbocycles. The van der Waals surface area contributed by atoms with Crippen molar-refractivity contribution < 1.29 is 22.9 Å². The predicted octanol–water partition coefficient (Wildman–Crippen LogP) is 1.41. The summed E-state index contributed by atoms with van der Waals surface area (Å²) in [5.41, 5.74) is 2.04. The van der Waals surface area contributed by atoms with Crippen molar-refractivity contribution in [1.82, 2.24) is 19.8 Å². The number of sulfonamides is 1. The number of hydrogen-bond acceptors (Lipinski definition) is 7. The Balaban J connectivity index is 1.83. The van der Waals surface area contributed by atoms with Crippen molar-refractivity contribution in [3.8, 4) is 11.4 Å². The second-order valence-corrected chi connectivity index (χ2v) is 7.29. The average molecular weight is 417 g/mol. The molecule has 0 unspecified atom stereocenters. The van der Waals surface area contributed by atoms with Crippen molar-refractivity contribution in [2.45, 2.75) is 4.90 Å². The van der Waals surface area contributed by atoms with Crippen LogP contribution in [0.1, 0.15) is 10.5 Å². The molecular weight excluding hydrogens is 402 g/mol. The average Bonchev–Trinajstić information content (AvgIpc) is 3.22. The number of nitrogens with one attached hydrogen (secondary N) is 2. The molecule has 0 atom stereocenters. The fourth-order valence-electron chi connectivity index (χ4n) is 2.48. The first kappa shape index (κ1) is 20.0. The summed E-state index contributed by atoms with van der Waals surface area (Å²) in [7, 11) is -3.14. The van der Waals surface area contributed by atoms with Gasteiger partial charge in [0, 0.05) is 5.69 Å². The van der Waals surface area contributed by atoms with Crippen LogP contribution in [0.15, 0.2) is 66.0 Å². The maximum absolute atomic E-state index is 12.5. The molecule has 2 N–H and O–H groups in total. The third-order valence-corrected chi connectivity index (χ3v) is 5.15. The summed E-state index contributed by atoms with van der Waals surface area (Å²) in [6, 6.07) is 12.1. The largest absolute Gasteiger partial charge is 0.497 e. The van der Waals surface area contributed by atoms with Gasteiger partial charge in [-0.3, -0.25) is 24.9 Å². The first-order valence-corrected chi connectivity index (χ1v) is 9.54. The van der Waals surface area contributed by atoms with E-state index in [4.69, 9.17) is 4.74 Å². The number of amides is 1. The Morgan fingerprint density at radius 3 is 2.59 bits per heavy atom. The van der Waals surface area contributed by atoms with Gasteiger partial charge in [0.1, 0.15) is 11.4 Å². The molecule has 29 heavy (non-hydrogen) atoms. The lowest BCUT2D eigenvalue weighted by atomic mass is 10.3. The fourth-order valence-corrected chi connectivity index (χ4v) is 3.48. The van der Waals surface area contributed by atoms with Crippen molar-refractivity contribution in [3.05, 3.63) is 76.9 Å². The normalized spacial score (nSPS) is 11.1. The maximum Gasteiger partial charge on any atom is 0.293 e. The first-order valence-electron chi connectivity index (χ1n) is 8.06. The van der Waals surface area contributed by atoms with Crippen LogP contribution in [0.2, 0.25) is 0 Å². The Morgan fingerprint density at radius 2 is 1.93 bits per heavy atom. The smallest absolute Gasteiger partial charge is 0.293 e. The highest BCUT2D eigenvalue weighted by Crippen LogP contribution is 2.27. The van der Waals surface area contributed by atoms with Crippen molar-refractivity contribution in [2.75, 3.05) is 7.11 Å². The van der Waals surface area contributed by atoms with E-state index in [0.29, 0.717) is 5.69 Å². The van der Waals surface area contributed by atoms with Crippen LogP contribution >= 0.6 is 0 Å². The lowest BCUT2D eigenvalue weighted by molar-refractivity contribution is -0.387. The first-order chi connectivity index (χ1) is 13.8. The third-order valence-electron chi connectivity index (χ3n) is 3.86. The van der Waals surface area contributed by atoms with Crippen molar-refractivity contribution in [2.24, 2.45) is 0 Å². The van der Waals surface area contributed by atoms with E-state index in [1.165, 1.54) is 30.3 Å². The summed E-state index contributed by atoms with van der Waals surface area (Å²) in [5.74, 6) is -0.683. The van der Waals surface area contributed by atoms with Crippen LogP contribution in [-0.4, -0.2) is 35.9 Å². The Bertz CT molecular complexity index is 1160. The second-order valence-electron chi connectivity index (χ2n) is 5.63. The highest BCUT2D eigenvalue weighted by atomic mass is 32.2. The number of methoxy groups -OCH3 is 1. The van der Waals surface area contributed by atoms with Gasteiger partial charge in [0.05, 0.1) is 30.6 Å². The maximum atomic E-state index is 12.5. The van der Waals surface area contributed by atoms with E-state index in [-0.39, 0.29) is 11.4 Å². The predicted molar refractivity (Wildman–Crippen MR) is 101 cm³/mol. The summed E-state index contributed by atoms with van der Waals surface area (Å²) in [6.07, 6.45) is 2.65. The number of nitrogens with zero attached hydrogens (tertiary/aromatic N) is 3. The van der Waals surface area contributed by atoms with E-state index in [9.17, 15) is 23.3 Å². The van der Waals surface area contributed by atoms with E-state index in [1.54, 1.807) is 30.3 Å². The van der Waals surface area contributed by atoms with Crippen LogP contribution in [-0.2, 0) is 10.0 Å². The SMILES string of the molecule is COc1ccc(S(=O)(=O)NNC(=O)c2cncn2-c2ccccc2)c([N+](=O)[O-])c1. The molecule has 0 fully saturated rings. The van der Waals surface area contributed by atoms with E-state index >= 15 is 0 Å². The second kappa shape index (κ2) is 8.08. The zero-order valence-electron chi connectivity index (χ0n) is 15.0. The van der Waals surface area contributed by atoms with Crippen LogP contribution in [0.25, 0.3) is 5.69 Å². The summed E-state index contributed by atoms with van der Waals surface area (Å²) in [5, 5.41) is 11.2. The van der Waals surface area contributed by atoms with E-state index in [0.717, 1.165) is 12.1 Å². The van der Waals surface area contributed by atoms with Gasteiger partial charge in [0.2, 0.25) is 0 Å². The summed E-state index contributed by atoms with van der Waals surface area (Å²) < 4.78 is 31.3. The molecule has 0 spiro atoms. The number of rotatable bonds is 7. The van der Waals surface area contributed by atoms with E-state index < -0.39 is 31.4 Å². The lowest BCUT2D eigenvalue weighted by Gasteiger charge is -2.11. The minimum absolute atomic E-state index is 0.0585. The molecule has 11 nitrogen and oxygen atoms in total. The molecule has 0 aliphatic heterocycles. The molecule has 0 bridgehead atoms. The number of aromatic nitrogens is 2. The van der Waals surface area contributed by atoms with Gasteiger partial charge >= 0.3 is 0 Å². The van der Waals surface area contributed by atoms with Crippen molar-refractivity contribution in [1.29, 1.82) is 0 Å². The van der Waals surface area contributed by atoms with Gasteiger partial charge in [0.25, 0.3) is 21.6 Å². The monoisotopic (exact) mass is 417 g/mol. The molecule has 1 aromatic heterocycles.